The van der Waals surface area contributed by atoms with Crippen LogP contribution in [0.2, 0.25) is 0 Å². The lowest BCUT2D eigenvalue weighted by molar-refractivity contribution is -0.904. The fourth-order valence-electron chi connectivity index (χ4n) is 4.08. The van der Waals surface area contributed by atoms with E-state index in [-0.39, 0.29) is 5.91 Å². The van der Waals surface area contributed by atoms with Crippen molar-refractivity contribution < 1.29 is 14.4 Å². The van der Waals surface area contributed by atoms with Crippen molar-refractivity contribution in [3.05, 3.63) is 66.4 Å². The van der Waals surface area contributed by atoms with Gasteiger partial charge in [0, 0.05) is 11.8 Å². The van der Waals surface area contributed by atoms with E-state index in [0.717, 1.165) is 37.4 Å². The Morgan fingerprint density at radius 1 is 1.07 bits per heavy atom. The molecule has 4 rings (SSSR count). The third kappa shape index (κ3) is 4.09. The first kappa shape index (κ1) is 20.2. The number of benzene rings is 2. The first-order valence-corrected chi connectivity index (χ1v) is 10.6. The normalized spacial score (nSPS) is 14.7. The Kier molecular flexibility index (Phi) is 6.14. The number of aromatic nitrogens is 2. The van der Waals surface area contributed by atoms with Gasteiger partial charge in [-0.3, -0.25) is 4.79 Å². The second-order valence-electron chi connectivity index (χ2n) is 7.66. The third-order valence-corrected chi connectivity index (χ3v) is 5.69. The number of nitrogens with zero attached hydrogens (tertiary/aromatic N) is 3. The van der Waals surface area contributed by atoms with Crippen LogP contribution in [-0.2, 0) is 0 Å². The number of nitrogens with one attached hydrogen (secondary N) is 1. The van der Waals surface area contributed by atoms with Gasteiger partial charge in [0.25, 0.3) is 5.91 Å². The van der Waals surface area contributed by atoms with E-state index in [9.17, 15) is 4.79 Å². The number of piperazine rings is 1. The van der Waals surface area contributed by atoms with E-state index in [0.29, 0.717) is 17.0 Å². The molecule has 0 saturated carbocycles. The number of quaternary nitrogens is 1. The lowest BCUT2D eigenvalue weighted by atomic mass is 10.1. The van der Waals surface area contributed by atoms with Crippen molar-refractivity contribution in [1.29, 1.82) is 0 Å². The number of hydrogen-bond acceptors (Lipinski definition) is 3. The quantitative estimate of drug-likeness (QED) is 0.685. The van der Waals surface area contributed by atoms with Crippen molar-refractivity contribution in [2.45, 2.75) is 13.3 Å². The fourth-order valence-corrected chi connectivity index (χ4v) is 4.08. The monoisotopic (exact) mass is 405 g/mol. The molecule has 156 valence electrons. The highest BCUT2D eigenvalue weighted by atomic mass is 16.5. The molecule has 0 aliphatic carbocycles. The molecule has 0 unspecified atom stereocenters. The molecule has 1 aliphatic heterocycles. The Morgan fingerprint density at radius 2 is 1.77 bits per heavy atom. The molecule has 6 nitrogen and oxygen atoms in total. The molecule has 1 aliphatic rings. The van der Waals surface area contributed by atoms with Gasteiger partial charge in [0.2, 0.25) is 0 Å². The van der Waals surface area contributed by atoms with Crippen LogP contribution in [0.15, 0.2) is 60.8 Å². The first-order valence-electron chi connectivity index (χ1n) is 10.6. The molecule has 6 heteroatoms. The zero-order valence-corrected chi connectivity index (χ0v) is 17.7. The number of para-hydroxylation sites is 2. The fraction of sp³-hybridized carbons (Fsp3) is 0.333. The molecule has 0 atom stereocenters. The number of hydrogen-bond donors (Lipinski definition) is 1. The number of ether oxygens (including phenoxy) is 1. The minimum atomic E-state index is 0.0358. The van der Waals surface area contributed by atoms with Gasteiger partial charge in [-0.25, -0.2) is 4.68 Å². The van der Waals surface area contributed by atoms with E-state index in [1.54, 1.807) is 16.7 Å². The average molecular weight is 406 g/mol. The van der Waals surface area contributed by atoms with Crippen LogP contribution in [0, 0.1) is 0 Å². The van der Waals surface area contributed by atoms with Gasteiger partial charge >= 0.3 is 0 Å². The molecular formula is C24H29N4O2+. The number of amides is 1. The van der Waals surface area contributed by atoms with Crippen LogP contribution in [0.25, 0.3) is 16.9 Å². The maximum absolute atomic E-state index is 13.5. The van der Waals surface area contributed by atoms with Gasteiger partial charge in [0.1, 0.15) is 11.4 Å². The van der Waals surface area contributed by atoms with Crippen LogP contribution in [0.5, 0.6) is 5.75 Å². The third-order valence-electron chi connectivity index (χ3n) is 5.69. The maximum Gasteiger partial charge on any atom is 0.258 e. The Labute approximate surface area is 177 Å². The van der Waals surface area contributed by atoms with E-state index in [1.807, 2.05) is 65.7 Å². The first-order chi connectivity index (χ1) is 14.7. The van der Waals surface area contributed by atoms with E-state index in [4.69, 9.17) is 9.84 Å². The SMILES string of the molecule is CCC[NH+]1CCN(C(=O)c2cn(-c3ccccc3)nc2-c2ccccc2OC)CC1. The summed E-state index contributed by atoms with van der Waals surface area (Å²) in [7, 11) is 1.64. The minimum Gasteiger partial charge on any atom is -0.496 e. The van der Waals surface area contributed by atoms with Crippen molar-refractivity contribution in [3.8, 4) is 22.7 Å². The minimum absolute atomic E-state index is 0.0358. The van der Waals surface area contributed by atoms with Crippen LogP contribution >= 0.6 is 0 Å². The molecular weight excluding hydrogens is 376 g/mol. The molecule has 0 spiro atoms. The molecule has 1 aromatic heterocycles. The zero-order chi connectivity index (χ0) is 20.9. The van der Waals surface area contributed by atoms with Crippen molar-refractivity contribution >= 4 is 5.91 Å². The van der Waals surface area contributed by atoms with Crippen LogP contribution in [0.4, 0.5) is 0 Å². The molecule has 3 aromatic rings. The number of rotatable bonds is 6. The largest absolute Gasteiger partial charge is 0.496 e. The average Bonchev–Trinajstić information content (AvgIpc) is 3.25. The van der Waals surface area contributed by atoms with Gasteiger partial charge < -0.3 is 14.5 Å². The zero-order valence-electron chi connectivity index (χ0n) is 17.7. The Hall–Kier alpha value is -3.12. The van der Waals surface area contributed by atoms with E-state index < -0.39 is 0 Å². The summed E-state index contributed by atoms with van der Waals surface area (Å²) in [5.74, 6) is 0.746. The summed E-state index contributed by atoms with van der Waals surface area (Å²) in [6.45, 7) is 6.92. The summed E-state index contributed by atoms with van der Waals surface area (Å²) in [6.07, 6.45) is 3.02. The topological polar surface area (TPSA) is 51.8 Å². The van der Waals surface area contributed by atoms with Gasteiger partial charge in [-0.1, -0.05) is 37.3 Å². The number of carbonyl (C=O) groups is 1. The Morgan fingerprint density at radius 3 is 2.47 bits per heavy atom. The van der Waals surface area contributed by atoms with E-state index in [1.165, 1.54) is 13.0 Å². The summed E-state index contributed by atoms with van der Waals surface area (Å²) in [5, 5.41) is 4.80. The molecule has 0 radical (unpaired) electrons. The highest BCUT2D eigenvalue weighted by molar-refractivity contribution is 6.00. The van der Waals surface area contributed by atoms with Gasteiger partial charge in [-0.05, 0) is 30.7 Å². The van der Waals surface area contributed by atoms with Crippen LogP contribution in [-0.4, -0.2) is 60.4 Å². The van der Waals surface area contributed by atoms with Gasteiger partial charge in [0.15, 0.2) is 0 Å². The summed E-state index contributed by atoms with van der Waals surface area (Å²) < 4.78 is 7.34. The van der Waals surface area contributed by atoms with Crippen molar-refractivity contribution in [2.24, 2.45) is 0 Å². The summed E-state index contributed by atoms with van der Waals surface area (Å²) >= 11 is 0. The molecule has 1 fully saturated rings. The predicted octanol–water partition coefficient (Wildman–Crippen LogP) is 2.30. The second kappa shape index (κ2) is 9.13. The summed E-state index contributed by atoms with van der Waals surface area (Å²) in [6, 6.07) is 17.6. The highest BCUT2D eigenvalue weighted by Crippen LogP contribution is 2.32. The van der Waals surface area contributed by atoms with Gasteiger partial charge in [0.05, 0.1) is 51.1 Å². The van der Waals surface area contributed by atoms with Gasteiger partial charge in [-0.15, -0.1) is 0 Å². The molecule has 1 amide bonds. The van der Waals surface area contributed by atoms with Crippen molar-refractivity contribution in [1.82, 2.24) is 14.7 Å². The number of methoxy groups -OCH3 is 1. The second-order valence-corrected chi connectivity index (χ2v) is 7.66. The Balaban J connectivity index is 1.71. The molecule has 1 N–H and O–H groups in total. The van der Waals surface area contributed by atoms with Crippen LogP contribution in [0.1, 0.15) is 23.7 Å². The number of carbonyl (C=O) groups excluding carboxylic acids is 1. The lowest BCUT2D eigenvalue weighted by Gasteiger charge is -2.32. The van der Waals surface area contributed by atoms with Crippen LogP contribution in [0.3, 0.4) is 0 Å². The van der Waals surface area contributed by atoms with E-state index >= 15 is 0 Å². The van der Waals surface area contributed by atoms with E-state index in [2.05, 4.69) is 6.92 Å². The summed E-state index contributed by atoms with van der Waals surface area (Å²) in [5.41, 5.74) is 3.02. The standard InChI is InChI=1S/C24H28N4O2/c1-3-13-26-14-16-27(17-15-26)24(29)21-18-28(19-9-5-4-6-10-19)25-23(21)20-11-7-8-12-22(20)30-2/h4-12,18H,3,13-17H2,1-2H3/p+1. The molecule has 2 heterocycles. The van der Waals surface area contributed by atoms with Crippen molar-refractivity contribution in [3.63, 3.8) is 0 Å². The van der Waals surface area contributed by atoms with Gasteiger partial charge in [-0.2, -0.15) is 5.10 Å². The van der Waals surface area contributed by atoms with Crippen LogP contribution < -0.4 is 9.64 Å². The molecule has 30 heavy (non-hydrogen) atoms. The predicted molar refractivity (Wildman–Crippen MR) is 117 cm³/mol. The van der Waals surface area contributed by atoms with Crippen molar-refractivity contribution in [2.75, 3.05) is 39.8 Å². The molecule has 0 bridgehead atoms. The lowest BCUT2D eigenvalue weighted by Crippen LogP contribution is -3.14. The smallest absolute Gasteiger partial charge is 0.258 e. The highest BCUT2D eigenvalue weighted by Gasteiger charge is 2.28. The summed E-state index contributed by atoms with van der Waals surface area (Å²) in [4.78, 5) is 17.1. The molecule has 2 aromatic carbocycles. The maximum atomic E-state index is 13.5. The Bertz CT molecular complexity index is 991. The molecule has 1 saturated heterocycles.